The van der Waals surface area contributed by atoms with Gasteiger partial charge in [0.15, 0.2) is 8.32 Å². The van der Waals surface area contributed by atoms with Crippen molar-refractivity contribution in [2.45, 2.75) is 69.0 Å². The molecular formula is C24H38N2O5Si. The molecular weight excluding hydrogens is 424 g/mol. The molecule has 0 radical (unpaired) electrons. The number of aliphatic hydroxyl groups is 1. The van der Waals surface area contributed by atoms with E-state index in [0.717, 1.165) is 24.2 Å². The van der Waals surface area contributed by atoms with Crippen LogP contribution in [0.1, 0.15) is 38.2 Å². The van der Waals surface area contributed by atoms with Gasteiger partial charge in [0.25, 0.3) is 0 Å². The van der Waals surface area contributed by atoms with E-state index in [1.807, 2.05) is 43.4 Å². The molecule has 0 spiro atoms. The van der Waals surface area contributed by atoms with Gasteiger partial charge in [-0.15, -0.1) is 0 Å². The first-order valence-electron chi connectivity index (χ1n) is 11.4. The highest BCUT2D eigenvalue weighted by Crippen LogP contribution is 2.46. The van der Waals surface area contributed by atoms with Crippen molar-refractivity contribution >= 4 is 14.2 Å². The summed E-state index contributed by atoms with van der Waals surface area (Å²) in [6.45, 7) is 9.71. The molecule has 7 nitrogen and oxygen atoms in total. The van der Waals surface area contributed by atoms with Crippen LogP contribution in [0.4, 0.5) is 0 Å². The molecule has 0 saturated heterocycles. The van der Waals surface area contributed by atoms with E-state index in [1.165, 1.54) is 0 Å². The Bertz CT molecular complexity index is 836. The fourth-order valence-electron chi connectivity index (χ4n) is 4.31. The Kier molecular flexibility index (Phi) is 7.83. The van der Waals surface area contributed by atoms with Crippen molar-refractivity contribution in [2.24, 2.45) is 0 Å². The zero-order valence-electron chi connectivity index (χ0n) is 19.9. The number of hydrogen-bond acceptors (Lipinski definition) is 6. The molecule has 1 amide bonds. The zero-order chi connectivity index (χ0) is 23.5. The number of carbonyl (C=O) groups is 1. The van der Waals surface area contributed by atoms with Gasteiger partial charge in [0, 0.05) is 31.3 Å². The molecule has 1 heterocycles. The lowest BCUT2D eigenvalue weighted by molar-refractivity contribution is -0.118. The molecule has 2 aliphatic rings. The number of ether oxygens (including phenoxy) is 2. The van der Waals surface area contributed by atoms with E-state index in [1.54, 1.807) is 7.11 Å². The second-order valence-corrected chi connectivity index (χ2v) is 14.5. The first-order valence-corrected chi connectivity index (χ1v) is 14.4. The van der Waals surface area contributed by atoms with Crippen LogP contribution in [0.15, 0.2) is 35.9 Å². The molecule has 3 rings (SSSR count). The van der Waals surface area contributed by atoms with Gasteiger partial charge >= 0.3 is 0 Å². The highest BCUT2D eigenvalue weighted by atomic mass is 28.4. The zero-order valence-corrected chi connectivity index (χ0v) is 20.9. The van der Waals surface area contributed by atoms with Gasteiger partial charge in [-0.2, -0.15) is 0 Å². The lowest BCUT2D eigenvalue weighted by atomic mass is 9.78. The summed E-state index contributed by atoms with van der Waals surface area (Å²) < 4.78 is 11.2. The number of rotatable bonds is 10. The van der Waals surface area contributed by atoms with Crippen LogP contribution in [-0.4, -0.2) is 69.2 Å². The van der Waals surface area contributed by atoms with Gasteiger partial charge in [-0.3, -0.25) is 4.79 Å². The first kappa shape index (κ1) is 24.9. The van der Waals surface area contributed by atoms with Crippen molar-refractivity contribution in [3.8, 4) is 5.75 Å². The van der Waals surface area contributed by atoms with Gasteiger partial charge in [-0.1, -0.05) is 38.1 Å². The Morgan fingerprint density at radius 3 is 2.66 bits per heavy atom. The minimum absolute atomic E-state index is 0.119. The van der Waals surface area contributed by atoms with Crippen LogP contribution in [0, 0.1) is 0 Å². The number of nitrogens with one attached hydrogen (secondary N) is 2. The minimum atomic E-state index is -2.27. The van der Waals surface area contributed by atoms with Crippen LogP contribution >= 0.6 is 0 Å². The Balaban J connectivity index is 1.73. The van der Waals surface area contributed by atoms with E-state index in [-0.39, 0.29) is 16.9 Å². The Hall–Kier alpha value is -1.71. The Labute approximate surface area is 192 Å². The average molecular weight is 463 g/mol. The van der Waals surface area contributed by atoms with Crippen molar-refractivity contribution in [2.75, 3.05) is 26.8 Å². The maximum atomic E-state index is 13.2. The third kappa shape index (κ3) is 5.26. The number of fused-ring (bicyclic) bond motifs is 3. The Morgan fingerprint density at radius 2 is 1.97 bits per heavy atom. The highest BCUT2D eigenvalue weighted by molar-refractivity contribution is 6.72. The first-order chi connectivity index (χ1) is 15.1. The average Bonchev–Trinajstić information content (AvgIpc) is 3.12. The van der Waals surface area contributed by atoms with Crippen molar-refractivity contribution < 1.29 is 24.2 Å². The lowest BCUT2D eigenvalue weighted by Crippen LogP contribution is -2.53. The molecule has 1 aliphatic carbocycles. The maximum Gasteiger partial charge on any atom is 0.247 e. The highest BCUT2D eigenvalue weighted by Gasteiger charge is 2.48. The summed E-state index contributed by atoms with van der Waals surface area (Å²) in [6, 6.07) is 7.27. The fourth-order valence-corrected chi connectivity index (χ4v) is 5.10. The molecule has 1 aromatic rings. The summed E-state index contributed by atoms with van der Waals surface area (Å²) >= 11 is 0. The molecule has 0 saturated carbocycles. The van der Waals surface area contributed by atoms with E-state index in [4.69, 9.17) is 9.47 Å². The molecule has 1 aliphatic heterocycles. The molecule has 8 heteroatoms. The van der Waals surface area contributed by atoms with Crippen LogP contribution in [-0.2, 0) is 9.53 Å². The molecule has 0 aromatic heterocycles. The van der Waals surface area contributed by atoms with Gasteiger partial charge in [0.05, 0.1) is 18.6 Å². The van der Waals surface area contributed by atoms with Crippen LogP contribution in [0.3, 0.4) is 0 Å². The van der Waals surface area contributed by atoms with E-state index in [0.29, 0.717) is 25.3 Å². The summed E-state index contributed by atoms with van der Waals surface area (Å²) in [4.78, 5) is 23.7. The molecule has 0 fully saturated rings. The number of methoxy groups -OCH3 is 1. The van der Waals surface area contributed by atoms with E-state index in [2.05, 4.69) is 24.5 Å². The van der Waals surface area contributed by atoms with Gasteiger partial charge < -0.3 is 30.0 Å². The molecule has 178 valence electrons. The number of aliphatic hydroxyl groups excluding tert-OH is 1. The van der Waals surface area contributed by atoms with Crippen LogP contribution in [0.2, 0.25) is 18.1 Å². The SMILES string of the molecule is COCCN[C@@H]1C=C(C(=O)NCCCC(C)(C)[Si](C)(C)O)[C@@H]2c3ccccc3O[C@@H]2[C@H]1O. The van der Waals surface area contributed by atoms with Gasteiger partial charge in [-0.05, 0) is 37.0 Å². The number of amides is 1. The molecule has 32 heavy (non-hydrogen) atoms. The topological polar surface area (TPSA) is 100 Å². The largest absolute Gasteiger partial charge is 0.486 e. The number of carbonyl (C=O) groups excluding carboxylic acids is 1. The van der Waals surface area contributed by atoms with Gasteiger partial charge in [0.2, 0.25) is 5.91 Å². The molecule has 4 N–H and O–H groups in total. The summed E-state index contributed by atoms with van der Waals surface area (Å²) in [7, 11) is -0.644. The van der Waals surface area contributed by atoms with Crippen molar-refractivity contribution in [1.82, 2.24) is 10.6 Å². The summed E-state index contributed by atoms with van der Waals surface area (Å²) in [5, 5.41) is 17.2. The van der Waals surface area contributed by atoms with Crippen LogP contribution in [0.5, 0.6) is 5.75 Å². The van der Waals surface area contributed by atoms with Crippen LogP contribution in [0.25, 0.3) is 0 Å². The Morgan fingerprint density at radius 1 is 1.25 bits per heavy atom. The molecule has 4 atom stereocenters. The summed E-state index contributed by atoms with van der Waals surface area (Å²) in [5.74, 6) is 0.278. The van der Waals surface area contributed by atoms with Crippen LogP contribution < -0.4 is 15.4 Å². The third-order valence-electron chi connectivity index (χ3n) is 7.11. The standard InChI is InChI=1S/C24H38N2O5Si/c1-24(2,32(4,5)29)11-8-12-26-23(28)17-15-18(25-13-14-30-3)21(27)22-20(17)16-9-6-7-10-19(16)31-22/h6-7,9-10,15,18,20-22,25,27,29H,8,11-14H2,1-5H3,(H,26,28)/t18-,20+,21+,22+/m1/s1. The normalized spacial score (nSPS) is 24.9. The predicted octanol–water partition coefficient (Wildman–Crippen LogP) is 2.31. The number of benzene rings is 1. The van der Waals surface area contributed by atoms with Crippen molar-refractivity contribution in [1.29, 1.82) is 0 Å². The van der Waals surface area contributed by atoms with Gasteiger partial charge in [-0.25, -0.2) is 0 Å². The summed E-state index contributed by atoms with van der Waals surface area (Å²) in [6.07, 6.45) is 2.19. The predicted molar refractivity (Wildman–Crippen MR) is 127 cm³/mol. The smallest absolute Gasteiger partial charge is 0.247 e. The quantitative estimate of drug-likeness (QED) is 0.315. The fraction of sp³-hybridized carbons (Fsp3) is 0.625. The van der Waals surface area contributed by atoms with Crippen molar-refractivity contribution in [3.63, 3.8) is 0 Å². The number of hydrogen-bond donors (Lipinski definition) is 4. The van der Waals surface area contributed by atoms with E-state index < -0.39 is 26.6 Å². The van der Waals surface area contributed by atoms with E-state index >= 15 is 0 Å². The van der Waals surface area contributed by atoms with E-state index in [9.17, 15) is 14.7 Å². The maximum absolute atomic E-state index is 13.2. The third-order valence-corrected chi connectivity index (χ3v) is 10.7. The van der Waals surface area contributed by atoms with Crippen molar-refractivity contribution in [3.05, 3.63) is 41.5 Å². The second-order valence-electron chi connectivity index (χ2n) is 9.99. The summed E-state index contributed by atoms with van der Waals surface area (Å²) in [5.41, 5.74) is 1.55. The minimum Gasteiger partial charge on any atom is -0.486 e. The van der Waals surface area contributed by atoms with Gasteiger partial charge in [0.1, 0.15) is 18.0 Å². The molecule has 1 aromatic carbocycles. The number of para-hydroxylation sites is 1. The molecule has 0 bridgehead atoms. The molecule has 0 unspecified atom stereocenters. The second kappa shape index (κ2) is 10.1. The lowest BCUT2D eigenvalue weighted by Gasteiger charge is -2.36. The monoisotopic (exact) mass is 462 g/mol.